The minimum absolute atomic E-state index is 0.0333. The number of aromatic nitrogens is 1. The highest BCUT2D eigenvalue weighted by Crippen LogP contribution is 2.14. The van der Waals surface area contributed by atoms with Crippen molar-refractivity contribution < 1.29 is 4.79 Å². The maximum atomic E-state index is 12.1. The molecule has 1 rings (SSSR count). The molecule has 0 aliphatic carbocycles. The fourth-order valence-electron chi connectivity index (χ4n) is 1.47. The monoisotopic (exact) mass is 240 g/mol. The van der Waals surface area contributed by atoms with Gasteiger partial charge < -0.3 is 4.90 Å². The van der Waals surface area contributed by atoms with Crippen molar-refractivity contribution in [2.24, 2.45) is 0 Å². The van der Waals surface area contributed by atoms with Gasteiger partial charge in [0.15, 0.2) is 0 Å². The topological polar surface area (TPSA) is 33.2 Å². The normalized spacial score (nSPS) is 10.2. The van der Waals surface area contributed by atoms with Gasteiger partial charge in [-0.15, -0.1) is 0 Å². The standard InChI is InChI=1S/C12H17ClN2O/c1-3-5-9-15(4-2)12(16)10-7-6-8-14-11(10)13/h6-8H,3-5,9H2,1-2H3. The van der Waals surface area contributed by atoms with Gasteiger partial charge in [0, 0.05) is 19.3 Å². The highest BCUT2D eigenvalue weighted by molar-refractivity contribution is 6.32. The van der Waals surface area contributed by atoms with E-state index in [1.165, 1.54) is 0 Å². The molecule has 0 aliphatic rings. The summed E-state index contributed by atoms with van der Waals surface area (Å²) in [5, 5.41) is 0.280. The van der Waals surface area contributed by atoms with Crippen LogP contribution in [0.5, 0.6) is 0 Å². The Balaban J connectivity index is 2.79. The summed E-state index contributed by atoms with van der Waals surface area (Å²) in [5.74, 6) is -0.0333. The van der Waals surface area contributed by atoms with E-state index in [1.54, 1.807) is 23.2 Å². The Morgan fingerprint density at radius 3 is 2.81 bits per heavy atom. The molecular formula is C12H17ClN2O. The minimum Gasteiger partial charge on any atom is -0.339 e. The lowest BCUT2D eigenvalue weighted by molar-refractivity contribution is 0.0762. The summed E-state index contributed by atoms with van der Waals surface area (Å²) in [6.07, 6.45) is 3.67. The molecule has 0 N–H and O–H groups in total. The maximum Gasteiger partial charge on any atom is 0.256 e. The van der Waals surface area contributed by atoms with Crippen molar-refractivity contribution in [2.45, 2.75) is 26.7 Å². The number of pyridine rings is 1. The number of hydrogen-bond acceptors (Lipinski definition) is 2. The molecule has 3 nitrogen and oxygen atoms in total. The van der Waals surface area contributed by atoms with Crippen LogP contribution >= 0.6 is 11.6 Å². The molecule has 1 amide bonds. The molecule has 0 bridgehead atoms. The van der Waals surface area contributed by atoms with Gasteiger partial charge in [0.1, 0.15) is 5.15 Å². The van der Waals surface area contributed by atoms with Crippen molar-refractivity contribution in [3.8, 4) is 0 Å². The number of carbonyl (C=O) groups is 1. The number of halogens is 1. The van der Waals surface area contributed by atoms with Gasteiger partial charge in [-0.2, -0.15) is 0 Å². The second kappa shape index (κ2) is 6.48. The van der Waals surface area contributed by atoms with E-state index in [-0.39, 0.29) is 11.1 Å². The number of carbonyl (C=O) groups excluding carboxylic acids is 1. The third-order valence-electron chi connectivity index (χ3n) is 2.44. The van der Waals surface area contributed by atoms with Crippen LogP contribution in [0.25, 0.3) is 0 Å². The van der Waals surface area contributed by atoms with E-state index in [0.29, 0.717) is 12.1 Å². The highest BCUT2D eigenvalue weighted by Gasteiger charge is 2.16. The molecule has 0 unspecified atom stereocenters. The van der Waals surface area contributed by atoms with Crippen LogP contribution in [-0.4, -0.2) is 28.9 Å². The Morgan fingerprint density at radius 2 is 2.25 bits per heavy atom. The van der Waals surface area contributed by atoms with Gasteiger partial charge in [-0.25, -0.2) is 4.98 Å². The lowest BCUT2D eigenvalue weighted by Gasteiger charge is -2.20. The van der Waals surface area contributed by atoms with Gasteiger partial charge in [0.05, 0.1) is 5.56 Å². The average Bonchev–Trinajstić information content (AvgIpc) is 2.30. The molecule has 16 heavy (non-hydrogen) atoms. The van der Waals surface area contributed by atoms with E-state index in [4.69, 9.17) is 11.6 Å². The molecule has 4 heteroatoms. The molecular weight excluding hydrogens is 224 g/mol. The van der Waals surface area contributed by atoms with Crippen molar-refractivity contribution in [1.29, 1.82) is 0 Å². The maximum absolute atomic E-state index is 12.1. The van der Waals surface area contributed by atoms with Crippen LogP contribution in [0.2, 0.25) is 5.15 Å². The van der Waals surface area contributed by atoms with E-state index in [0.717, 1.165) is 19.4 Å². The van der Waals surface area contributed by atoms with Crippen LogP contribution < -0.4 is 0 Å². The van der Waals surface area contributed by atoms with E-state index >= 15 is 0 Å². The Hall–Kier alpha value is -1.09. The van der Waals surface area contributed by atoms with Crippen molar-refractivity contribution in [2.75, 3.05) is 13.1 Å². The largest absolute Gasteiger partial charge is 0.339 e. The number of amides is 1. The summed E-state index contributed by atoms with van der Waals surface area (Å²) in [6.45, 7) is 5.55. The fraction of sp³-hybridized carbons (Fsp3) is 0.500. The zero-order chi connectivity index (χ0) is 12.0. The van der Waals surface area contributed by atoms with Crippen LogP contribution in [0.3, 0.4) is 0 Å². The van der Waals surface area contributed by atoms with Crippen LogP contribution in [0, 0.1) is 0 Å². The molecule has 0 radical (unpaired) electrons. The Bertz CT molecular complexity index is 355. The SMILES string of the molecule is CCCCN(CC)C(=O)c1cccnc1Cl. The summed E-state index contributed by atoms with van der Waals surface area (Å²) in [6, 6.07) is 3.44. The van der Waals surface area contributed by atoms with Gasteiger partial charge in [-0.3, -0.25) is 4.79 Å². The average molecular weight is 241 g/mol. The molecule has 0 aromatic carbocycles. The predicted molar refractivity (Wildman–Crippen MR) is 65.7 cm³/mol. The fourth-order valence-corrected chi connectivity index (χ4v) is 1.67. The molecule has 0 saturated carbocycles. The van der Waals surface area contributed by atoms with Crippen LogP contribution in [0.1, 0.15) is 37.0 Å². The number of rotatable bonds is 5. The van der Waals surface area contributed by atoms with Gasteiger partial charge >= 0.3 is 0 Å². The van der Waals surface area contributed by atoms with E-state index in [1.807, 2.05) is 6.92 Å². The molecule has 0 spiro atoms. The summed E-state index contributed by atoms with van der Waals surface area (Å²) < 4.78 is 0. The van der Waals surface area contributed by atoms with Gasteiger partial charge in [0.2, 0.25) is 0 Å². The zero-order valence-corrected chi connectivity index (χ0v) is 10.5. The van der Waals surface area contributed by atoms with Crippen LogP contribution in [0.15, 0.2) is 18.3 Å². The summed E-state index contributed by atoms with van der Waals surface area (Å²) in [4.78, 5) is 17.8. The van der Waals surface area contributed by atoms with E-state index in [9.17, 15) is 4.79 Å². The molecule has 1 aromatic rings. The van der Waals surface area contributed by atoms with Crippen molar-refractivity contribution in [3.05, 3.63) is 29.0 Å². The quantitative estimate of drug-likeness (QED) is 0.742. The second-order valence-corrected chi connectivity index (χ2v) is 3.94. The Kier molecular flexibility index (Phi) is 5.26. The van der Waals surface area contributed by atoms with E-state index in [2.05, 4.69) is 11.9 Å². The van der Waals surface area contributed by atoms with Gasteiger partial charge in [-0.05, 0) is 25.5 Å². The molecule has 1 heterocycles. The molecule has 0 aliphatic heterocycles. The van der Waals surface area contributed by atoms with Crippen molar-refractivity contribution >= 4 is 17.5 Å². The second-order valence-electron chi connectivity index (χ2n) is 3.58. The molecule has 1 aromatic heterocycles. The molecule has 0 saturated heterocycles. The summed E-state index contributed by atoms with van der Waals surface area (Å²) in [7, 11) is 0. The summed E-state index contributed by atoms with van der Waals surface area (Å²) >= 11 is 5.90. The Labute approximate surface area is 101 Å². The third kappa shape index (κ3) is 3.20. The van der Waals surface area contributed by atoms with Crippen LogP contribution in [-0.2, 0) is 0 Å². The highest BCUT2D eigenvalue weighted by atomic mass is 35.5. The van der Waals surface area contributed by atoms with Crippen LogP contribution in [0.4, 0.5) is 0 Å². The Morgan fingerprint density at radius 1 is 1.50 bits per heavy atom. The number of nitrogens with zero attached hydrogens (tertiary/aromatic N) is 2. The first-order valence-corrected chi connectivity index (χ1v) is 5.98. The summed E-state index contributed by atoms with van der Waals surface area (Å²) in [5.41, 5.74) is 0.488. The van der Waals surface area contributed by atoms with Crippen molar-refractivity contribution in [1.82, 2.24) is 9.88 Å². The molecule has 0 atom stereocenters. The van der Waals surface area contributed by atoms with E-state index < -0.39 is 0 Å². The lowest BCUT2D eigenvalue weighted by atomic mass is 10.2. The third-order valence-corrected chi connectivity index (χ3v) is 2.74. The molecule has 0 fully saturated rings. The predicted octanol–water partition coefficient (Wildman–Crippen LogP) is 3.00. The van der Waals surface area contributed by atoms with Gasteiger partial charge in [-0.1, -0.05) is 24.9 Å². The van der Waals surface area contributed by atoms with Gasteiger partial charge in [0.25, 0.3) is 5.91 Å². The zero-order valence-electron chi connectivity index (χ0n) is 9.74. The smallest absolute Gasteiger partial charge is 0.256 e. The first-order chi connectivity index (χ1) is 7.70. The number of unbranched alkanes of at least 4 members (excludes halogenated alkanes) is 1. The molecule has 88 valence electrons. The first-order valence-electron chi connectivity index (χ1n) is 5.60. The van der Waals surface area contributed by atoms with Crippen molar-refractivity contribution in [3.63, 3.8) is 0 Å². The number of hydrogen-bond donors (Lipinski definition) is 0. The lowest BCUT2D eigenvalue weighted by Crippen LogP contribution is -2.32. The minimum atomic E-state index is -0.0333. The first kappa shape index (κ1) is 13.0.